The van der Waals surface area contributed by atoms with E-state index in [2.05, 4.69) is 0 Å². The molecule has 0 amide bonds. The molecular weight excluding hydrogens is 436 g/mol. The highest BCUT2D eigenvalue weighted by atomic mass is 16.8. The zero-order chi connectivity index (χ0) is 24.6. The molecule has 0 spiro atoms. The van der Waals surface area contributed by atoms with Crippen LogP contribution in [0, 0.1) is 0 Å². The third kappa shape index (κ3) is 8.49. The van der Waals surface area contributed by atoms with Gasteiger partial charge in [0.25, 0.3) is 0 Å². The number of carbonyl (C=O) groups is 6. The zero-order valence-corrected chi connectivity index (χ0v) is 18.5. The fraction of sp³-hybridized carbons (Fsp3) is 0.684. The van der Waals surface area contributed by atoms with Crippen molar-refractivity contribution in [3.63, 3.8) is 0 Å². The molecule has 1 aliphatic rings. The summed E-state index contributed by atoms with van der Waals surface area (Å²) in [6.45, 7) is 5.86. The summed E-state index contributed by atoms with van der Waals surface area (Å²) in [4.78, 5) is 69.5. The summed E-state index contributed by atoms with van der Waals surface area (Å²) < 4.78 is 36.3. The Labute approximate surface area is 183 Å². The molecule has 1 aliphatic heterocycles. The molecule has 1 rings (SSSR count). The zero-order valence-electron chi connectivity index (χ0n) is 18.5. The lowest BCUT2D eigenvalue weighted by Crippen LogP contribution is -2.52. The Hall–Kier alpha value is -3.22. The molecule has 180 valence electrons. The molecule has 0 radical (unpaired) electrons. The molecule has 1 heterocycles. The molecule has 0 aromatic rings. The van der Waals surface area contributed by atoms with E-state index in [1.165, 1.54) is 0 Å². The average Bonchev–Trinajstić information content (AvgIpc) is 2.91. The van der Waals surface area contributed by atoms with Gasteiger partial charge in [-0.15, -0.1) is 0 Å². The van der Waals surface area contributed by atoms with Crippen LogP contribution in [0.3, 0.4) is 0 Å². The molecule has 0 saturated carbocycles. The number of hydrogen-bond acceptors (Lipinski definition) is 13. The van der Waals surface area contributed by atoms with E-state index >= 15 is 0 Å². The molecule has 0 aromatic carbocycles. The van der Waals surface area contributed by atoms with Crippen LogP contribution in [-0.4, -0.2) is 79.2 Å². The van der Waals surface area contributed by atoms with Gasteiger partial charge in [0, 0.05) is 41.5 Å². The lowest BCUT2D eigenvalue weighted by atomic mass is 10.0. The van der Waals surface area contributed by atoms with Gasteiger partial charge in [-0.25, -0.2) is 0 Å². The third-order valence-corrected chi connectivity index (χ3v) is 3.85. The summed E-state index contributed by atoms with van der Waals surface area (Å²) in [5, 5.41) is 0. The second kappa shape index (κ2) is 12.0. The van der Waals surface area contributed by atoms with Gasteiger partial charge >= 0.3 is 35.8 Å². The van der Waals surface area contributed by atoms with Gasteiger partial charge in [-0.1, -0.05) is 0 Å². The van der Waals surface area contributed by atoms with Gasteiger partial charge in [0.1, 0.15) is 12.7 Å². The Bertz CT molecular complexity index is 746. The number of rotatable bonds is 9. The Kier molecular flexibility index (Phi) is 10.0. The van der Waals surface area contributed by atoms with Crippen LogP contribution in [0.15, 0.2) is 0 Å². The highest BCUT2D eigenvalue weighted by Gasteiger charge is 2.57. The minimum atomic E-state index is -1.55. The van der Waals surface area contributed by atoms with Crippen molar-refractivity contribution < 1.29 is 61.9 Å². The standard InChI is InChI=1S/C19H26O13/c1-8(20)26-7-14(27-9(2)21)15(28-10(3)22)16-17(29-11(4)23)18(30-12(5)24)19(32-16)31-13(6)25/h14-19H,7H2,1-6H3/t14-,15-,16-,17+,18-,19-/m1/s1. The Morgan fingerprint density at radius 2 is 1.16 bits per heavy atom. The number of esters is 6. The van der Waals surface area contributed by atoms with Crippen LogP contribution in [0.25, 0.3) is 0 Å². The molecule has 0 aromatic heterocycles. The summed E-state index contributed by atoms with van der Waals surface area (Å²) in [7, 11) is 0. The van der Waals surface area contributed by atoms with Crippen molar-refractivity contribution in [1.29, 1.82) is 0 Å². The SMILES string of the molecule is CC(=O)OC[C@@H](OC(C)=O)[C@@H](OC(C)=O)[C@H]1O[C@@H](OC(C)=O)[C@H](OC(C)=O)[C@H]1OC(C)=O. The smallest absolute Gasteiger partial charge is 0.305 e. The predicted octanol–water partition coefficient (Wildman–Crippen LogP) is -0.436. The molecule has 0 aliphatic carbocycles. The van der Waals surface area contributed by atoms with E-state index in [4.69, 9.17) is 33.2 Å². The van der Waals surface area contributed by atoms with Crippen LogP contribution in [0.4, 0.5) is 0 Å². The highest BCUT2D eigenvalue weighted by Crippen LogP contribution is 2.33. The molecule has 32 heavy (non-hydrogen) atoms. The second-order valence-corrected chi connectivity index (χ2v) is 6.75. The minimum Gasteiger partial charge on any atom is -0.462 e. The first-order valence-electron chi connectivity index (χ1n) is 9.46. The van der Waals surface area contributed by atoms with E-state index in [0.717, 1.165) is 41.5 Å². The maximum absolute atomic E-state index is 11.8. The monoisotopic (exact) mass is 462 g/mol. The topological polar surface area (TPSA) is 167 Å². The summed E-state index contributed by atoms with van der Waals surface area (Å²) in [5.41, 5.74) is 0. The molecule has 0 unspecified atom stereocenters. The van der Waals surface area contributed by atoms with Gasteiger partial charge < -0.3 is 33.2 Å². The first-order chi connectivity index (χ1) is 14.8. The van der Waals surface area contributed by atoms with E-state index in [1.807, 2.05) is 0 Å². The minimum absolute atomic E-state index is 0.546. The first kappa shape index (κ1) is 26.8. The van der Waals surface area contributed by atoms with E-state index in [1.54, 1.807) is 0 Å². The summed E-state index contributed by atoms with van der Waals surface area (Å²) >= 11 is 0. The van der Waals surface area contributed by atoms with Crippen LogP contribution in [0.5, 0.6) is 0 Å². The van der Waals surface area contributed by atoms with E-state index in [9.17, 15) is 28.8 Å². The van der Waals surface area contributed by atoms with Crippen molar-refractivity contribution in [3.8, 4) is 0 Å². The fourth-order valence-electron chi connectivity index (χ4n) is 2.97. The highest BCUT2D eigenvalue weighted by molar-refractivity contribution is 5.69. The van der Waals surface area contributed by atoms with Crippen molar-refractivity contribution >= 4 is 35.8 Å². The van der Waals surface area contributed by atoms with Crippen LogP contribution < -0.4 is 0 Å². The lowest BCUT2D eigenvalue weighted by molar-refractivity contribution is -0.211. The van der Waals surface area contributed by atoms with Crippen molar-refractivity contribution in [2.75, 3.05) is 6.61 Å². The predicted molar refractivity (Wildman–Crippen MR) is 99.3 cm³/mol. The largest absolute Gasteiger partial charge is 0.462 e. The van der Waals surface area contributed by atoms with Crippen molar-refractivity contribution in [2.24, 2.45) is 0 Å². The van der Waals surface area contributed by atoms with Crippen LogP contribution in [0.2, 0.25) is 0 Å². The van der Waals surface area contributed by atoms with Gasteiger partial charge in [0.05, 0.1) is 0 Å². The molecule has 13 nitrogen and oxygen atoms in total. The van der Waals surface area contributed by atoms with Crippen LogP contribution in [0.1, 0.15) is 41.5 Å². The fourth-order valence-corrected chi connectivity index (χ4v) is 2.97. The number of hydrogen-bond donors (Lipinski definition) is 0. The molecule has 0 N–H and O–H groups in total. The van der Waals surface area contributed by atoms with Gasteiger partial charge in [0.2, 0.25) is 12.4 Å². The molecule has 6 atom stereocenters. The summed E-state index contributed by atoms with van der Waals surface area (Å²) in [6, 6.07) is 0. The van der Waals surface area contributed by atoms with Gasteiger partial charge in [-0.3, -0.25) is 28.8 Å². The first-order valence-corrected chi connectivity index (χ1v) is 9.46. The molecular formula is C19H26O13. The Morgan fingerprint density at radius 1 is 0.656 bits per heavy atom. The lowest BCUT2D eigenvalue weighted by Gasteiger charge is -2.32. The maximum Gasteiger partial charge on any atom is 0.305 e. The number of carbonyl (C=O) groups excluding carboxylic acids is 6. The average molecular weight is 462 g/mol. The van der Waals surface area contributed by atoms with Gasteiger partial charge in [-0.05, 0) is 0 Å². The number of ether oxygens (including phenoxy) is 7. The molecule has 13 heteroatoms. The quantitative estimate of drug-likeness (QED) is 0.320. The Balaban J connectivity index is 3.45. The second-order valence-electron chi connectivity index (χ2n) is 6.75. The maximum atomic E-state index is 11.8. The normalized spacial score (nSPS) is 23.8. The Morgan fingerprint density at radius 3 is 1.59 bits per heavy atom. The van der Waals surface area contributed by atoms with Crippen LogP contribution >= 0.6 is 0 Å². The van der Waals surface area contributed by atoms with Crippen molar-refractivity contribution in [3.05, 3.63) is 0 Å². The summed E-state index contributed by atoms with van der Waals surface area (Å²) in [5.74, 6) is -4.82. The van der Waals surface area contributed by atoms with Gasteiger partial charge in [0.15, 0.2) is 18.3 Å². The van der Waals surface area contributed by atoms with E-state index in [0.29, 0.717) is 0 Å². The molecule has 1 fully saturated rings. The van der Waals surface area contributed by atoms with E-state index in [-0.39, 0.29) is 0 Å². The van der Waals surface area contributed by atoms with Crippen LogP contribution in [-0.2, 0) is 61.9 Å². The van der Waals surface area contributed by atoms with Crippen molar-refractivity contribution in [2.45, 2.75) is 78.4 Å². The molecule has 0 bridgehead atoms. The molecule has 1 saturated heterocycles. The van der Waals surface area contributed by atoms with Crippen molar-refractivity contribution in [1.82, 2.24) is 0 Å². The summed E-state index contributed by atoms with van der Waals surface area (Å²) in [6.07, 6.45) is -8.79. The third-order valence-electron chi connectivity index (χ3n) is 3.85. The van der Waals surface area contributed by atoms with E-state index < -0.39 is 79.2 Å². The van der Waals surface area contributed by atoms with Gasteiger partial charge in [-0.2, -0.15) is 0 Å².